The van der Waals surface area contributed by atoms with Gasteiger partial charge in [-0.15, -0.1) is 0 Å². The largest absolute Gasteiger partial charge is 0.384 e. The zero-order chi connectivity index (χ0) is 17.3. The van der Waals surface area contributed by atoms with Crippen molar-refractivity contribution in [3.05, 3.63) is 72.8 Å². The van der Waals surface area contributed by atoms with E-state index in [1.807, 2.05) is 49.4 Å². The summed E-state index contributed by atoms with van der Waals surface area (Å²) >= 11 is 0. The minimum Gasteiger partial charge on any atom is -0.222 e. The van der Waals surface area contributed by atoms with Crippen molar-refractivity contribution < 1.29 is 14.4 Å². The zero-order valence-electron chi connectivity index (χ0n) is 13.7. The molecule has 24 heavy (non-hydrogen) atoms. The predicted octanol–water partition coefficient (Wildman–Crippen LogP) is 3.88. The third-order valence-corrected chi connectivity index (χ3v) is 4.17. The normalized spacial score (nSPS) is 15.8. The zero-order valence-corrected chi connectivity index (χ0v) is 13.7. The van der Waals surface area contributed by atoms with Gasteiger partial charge in [-0.1, -0.05) is 36.9 Å². The molecule has 0 fully saturated rings. The van der Waals surface area contributed by atoms with Crippen LogP contribution in [-0.2, 0) is 14.4 Å². The number of hydrogen-bond acceptors (Lipinski definition) is 3. The summed E-state index contributed by atoms with van der Waals surface area (Å²) in [7, 11) is 1.36. The third-order valence-electron chi connectivity index (χ3n) is 4.17. The van der Waals surface area contributed by atoms with E-state index < -0.39 is 16.5 Å². The molecule has 0 radical (unpaired) electrons. The fourth-order valence-corrected chi connectivity index (χ4v) is 2.94. The Bertz CT molecular complexity index is 848. The van der Waals surface area contributed by atoms with E-state index in [9.17, 15) is 9.59 Å². The Morgan fingerprint density at radius 1 is 0.958 bits per heavy atom. The van der Waals surface area contributed by atoms with Gasteiger partial charge in [-0.2, -0.15) is 4.84 Å². The van der Waals surface area contributed by atoms with Gasteiger partial charge in [0.15, 0.2) is 5.69 Å². The van der Waals surface area contributed by atoms with Crippen LogP contribution in [-0.4, -0.2) is 18.9 Å². The quantitative estimate of drug-likeness (QED) is 0.634. The Morgan fingerprint density at radius 3 is 2.12 bits per heavy atom. The summed E-state index contributed by atoms with van der Waals surface area (Å²) in [5, 5.41) is 0. The van der Waals surface area contributed by atoms with Gasteiger partial charge in [0.1, 0.15) is 0 Å². The first kappa shape index (κ1) is 16.1. The van der Waals surface area contributed by atoms with Crippen LogP contribution >= 0.6 is 0 Å². The molecule has 0 atom stereocenters. The first-order valence-corrected chi connectivity index (χ1v) is 7.58. The van der Waals surface area contributed by atoms with Gasteiger partial charge in [0, 0.05) is 11.6 Å². The molecule has 0 spiro atoms. The highest BCUT2D eigenvalue weighted by molar-refractivity contribution is 6.22. The molecule has 2 aromatic rings. The Kier molecular flexibility index (Phi) is 4.01. The van der Waals surface area contributed by atoms with Crippen LogP contribution in [0.3, 0.4) is 0 Å². The standard InChI is InChI=1S/C20H18NO3/c1-14(2)17-13-16(15-7-5-4-6-8-15)9-10-18(17)21(24-3)19(22)11-12-20(21)23/h4-13H,1H2,2-3H3/q+1. The Morgan fingerprint density at radius 2 is 1.58 bits per heavy atom. The fraction of sp³-hybridized carbons (Fsp3) is 0.100. The molecule has 0 aromatic heterocycles. The number of imide groups is 1. The van der Waals surface area contributed by atoms with Crippen LogP contribution in [0.4, 0.5) is 5.69 Å². The number of allylic oxidation sites excluding steroid dienone is 1. The monoisotopic (exact) mass is 320 g/mol. The molecular weight excluding hydrogens is 302 g/mol. The molecule has 0 saturated carbocycles. The van der Waals surface area contributed by atoms with Gasteiger partial charge in [0.2, 0.25) is 0 Å². The molecule has 0 N–H and O–H groups in total. The molecule has 1 aliphatic rings. The number of nitrogens with zero attached hydrogens (tertiary/aromatic N) is 1. The van der Waals surface area contributed by atoms with Crippen LogP contribution in [0.25, 0.3) is 16.7 Å². The smallest absolute Gasteiger partial charge is 0.222 e. The minimum absolute atomic E-state index is 0.419. The molecule has 0 saturated heterocycles. The number of benzene rings is 2. The van der Waals surface area contributed by atoms with Crippen LogP contribution in [0.15, 0.2) is 67.3 Å². The number of hydroxylamine groups is 2. The average Bonchev–Trinajstić information content (AvgIpc) is 2.90. The van der Waals surface area contributed by atoms with Gasteiger partial charge >= 0.3 is 11.8 Å². The van der Waals surface area contributed by atoms with Crippen LogP contribution in [0, 0.1) is 0 Å². The van der Waals surface area contributed by atoms with E-state index in [2.05, 4.69) is 6.58 Å². The summed E-state index contributed by atoms with van der Waals surface area (Å²) in [6, 6.07) is 15.5. The van der Waals surface area contributed by atoms with Gasteiger partial charge < -0.3 is 0 Å². The number of carbonyl (C=O) groups excluding carboxylic acids is 2. The minimum atomic E-state index is -0.794. The summed E-state index contributed by atoms with van der Waals surface area (Å²) in [5.41, 5.74) is 3.99. The first-order valence-electron chi connectivity index (χ1n) is 7.58. The molecule has 4 heteroatoms. The lowest BCUT2D eigenvalue weighted by Gasteiger charge is -2.26. The van der Waals surface area contributed by atoms with E-state index in [0.29, 0.717) is 5.69 Å². The summed E-state index contributed by atoms with van der Waals surface area (Å²) in [6.07, 6.45) is 2.50. The van der Waals surface area contributed by atoms with Crippen LogP contribution in [0.1, 0.15) is 12.5 Å². The van der Waals surface area contributed by atoms with Crippen LogP contribution < -0.4 is 4.65 Å². The molecule has 1 aliphatic heterocycles. The molecule has 2 amide bonds. The molecule has 4 nitrogen and oxygen atoms in total. The number of quaternary nitrogens is 1. The third kappa shape index (κ3) is 2.33. The Balaban J connectivity index is 2.21. The van der Waals surface area contributed by atoms with Crippen molar-refractivity contribution in [1.29, 1.82) is 0 Å². The second-order valence-electron chi connectivity index (χ2n) is 5.68. The molecular formula is C20H18NO3+. The summed E-state index contributed by atoms with van der Waals surface area (Å²) in [6.45, 7) is 5.84. The lowest BCUT2D eigenvalue weighted by molar-refractivity contribution is -0.174. The number of carbonyl (C=O) groups is 2. The highest BCUT2D eigenvalue weighted by atomic mass is 16.7. The van der Waals surface area contributed by atoms with E-state index in [0.717, 1.165) is 22.3 Å². The van der Waals surface area contributed by atoms with Crippen molar-refractivity contribution in [2.75, 3.05) is 7.11 Å². The topological polar surface area (TPSA) is 43.4 Å². The molecule has 120 valence electrons. The van der Waals surface area contributed by atoms with Crippen LogP contribution in [0.5, 0.6) is 0 Å². The van der Waals surface area contributed by atoms with E-state index in [4.69, 9.17) is 4.84 Å². The first-order chi connectivity index (χ1) is 11.5. The predicted molar refractivity (Wildman–Crippen MR) is 94.5 cm³/mol. The maximum absolute atomic E-state index is 12.4. The number of amides is 2. The molecule has 3 rings (SSSR count). The molecule has 0 unspecified atom stereocenters. The average molecular weight is 320 g/mol. The summed E-state index contributed by atoms with van der Waals surface area (Å²) in [5.74, 6) is -0.838. The van der Waals surface area contributed by atoms with Gasteiger partial charge in [0.05, 0.1) is 19.3 Å². The number of hydrogen-bond donors (Lipinski definition) is 0. The van der Waals surface area contributed by atoms with Crippen molar-refractivity contribution in [2.24, 2.45) is 0 Å². The number of rotatable bonds is 4. The van der Waals surface area contributed by atoms with Gasteiger partial charge in [-0.3, -0.25) is 0 Å². The van der Waals surface area contributed by atoms with Crippen molar-refractivity contribution >= 4 is 23.1 Å². The van der Waals surface area contributed by atoms with E-state index in [1.54, 1.807) is 6.07 Å². The van der Waals surface area contributed by atoms with E-state index in [-0.39, 0.29) is 0 Å². The Labute approximate surface area is 140 Å². The van der Waals surface area contributed by atoms with Crippen molar-refractivity contribution in [3.63, 3.8) is 0 Å². The molecule has 0 bridgehead atoms. The van der Waals surface area contributed by atoms with Crippen molar-refractivity contribution in [3.8, 4) is 11.1 Å². The lowest BCUT2D eigenvalue weighted by atomic mass is 9.98. The van der Waals surface area contributed by atoms with Gasteiger partial charge in [-0.05, 0) is 40.4 Å². The second kappa shape index (κ2) is 6.00. The van der Waals surface area contributed by atoms with E-state index >= 15 is 0 Å². The lowest BCUT2D eigenvalue weighted by Crippen LogP contribution is -2.53. The highest BCUT2D eigenvalue weighted by Crippen LogP contribution is 2.37. The van der Waals surface area contributed by atoms with Gasteiger partial charge in [0.25, 0.3) is 0 Å². The van der Waals surface area contributed by atoms with Gasteiger partial charge in [-0.25, -0.2) is 9.59 Å². The molecule has 0 aliphatic carbocycles. The molecule has 2 aromatic carbocycles. The molecule has 1 heterocycles. The van der Waals surface area contributed by atoms with E-state index in [1.165, 1.54) is 19.3 Å². The highest BCUT2D eigenvalue weighted by Gasteiger charge is 2.52. The maximum Gasteiger partial charge on any atom is 0.384 e. The van der Waals surface area contributed by atoms with Crippen molar-refractivity contribution in [1.82, 2.24) is 4.65 Å². The maximum atomic E-state index is 12.4. The second-order valence-corrected chi connectivity index (χ2v) is 5.68. The van der Waals surface area contributed by atoms with Crippen molar-refractivity contribution in [2.45, 2.75) is 6.92 Å². The summed E-state index contributed by atoms with van der Waals surface area (Å²) in [4.78, 5) is 30.1. The Hall–Kier alpha value is -2.82. The summed E-state index contributed by atoms with van der Waals surface area (Å²) < 4.78 is -0.794. The fourth-order valence-electron chi connectivity index (χ4n) is 2.94. The SMILES string of the molecule is C=C(C)c1cc(-c2ccccc2)ccc1[N+]1(OC)C(=O)C=CC1=O. The van der Waals surface area contributed by atoms with Crippen LogP contribution in [0.2, 0.25) is 0 Å².